The lowest BCUT2D eigenvalue weighted by Crippen LogP contribution is -2.26. The molecule has 0 aliphatic heterocycles. The predicted octanol–water partition coefficient (Wildman–Crippen LogP) is 2.13. The maximum Gasteiger partial charge on any atom is 0.0874 e. The molecular weight excluding hydrogens is 236 g/mol. The van der Waals surface area contributed by atoms with Gasteiger partial charge in [-0.25, -0.2) is 0 Å². The number of nitrogens with one attached hydrogen (secondary N) is 1. The van der Waals surface area contributed by atoms with Crippen molar-refractivity contribution in [2.45, 2.75) is 25.3 Å². The van der Waals surface area contributed by atoms with Crippen molar-refractivity contribution in [3.63, 3.8) is 0 Å². The largest absolute Gasteiger partial charge is 0.327 e. The molecule has 1 heterocycles. The Balaban J connectivity index is 2.16. The van der Waals surface area contributed by atoms with Crippen molar-refractivity contribution < 1.29 is 0 Å². The molecule has 0 spiro atoms. The molecule has 0 aliphatic carbocycles. The third-order valence-corrected chi connectivity index (χ3v) is 3.07. The van der Waals surface area contributed by atoms with Gasteiger partial charge in [0, 0.05) is 17.0 Å². The van der Waals surface area contributed by atoms with Crippen LogP contribution in [-0.4, -0.2) is 21.5 Å². The second-order valence-corrected chi connectivity index (χ2v) is 4.63. The van der Waals surface area contributed by atoms with Crippen LogP contribution in [0, 0.1) is 0 Å². The van der Waals surface area contributed by atoms with Crippen molar-refractivity contribution in [2.75, 3.05) is 0 Å². The van der Waals surface area contributed by atoms with E-state index in [0.29, 0.717) is 0 Å². The van der Waals surface area contributed by atoms with Gasteiger partial charge >= 0.3 is 0 Å². The summed E-state index contributed by atoms with van der Waals surface area (Å²) in [5, 5.41) is 11.3. The molecule has 0 saturated heterocycles. The maximum absolute atomic E-state index is 6.00. The van der Waals surface area contributed by atoms with E-state index in [0.717, 1.165) is 17.1 Å². The summed E-state index contributed by atoms with van der Waals surface area (Å²) in [5.74, 6) is 0.162. The first-order valence-corrected chi connectivity index (χ1v) is 5.90. The molecule has 0 saturated carbocycles. The Labute approximate surface area is 105 Å². The third-order valence-electron chi connectivity index (χ3n) is 2.82. The van der Waals surface area contributed by atoms with Crippen LogP contribution in [0.3, 0.4) is 0 Å². The van der Waals surface area contributed by atoms with E-state index in [1.54, 1.807) is 6.20 Å². The smallest absolute Gasteiger partial charge is 0.0874 e. The minimum atomic E-state index is 0.0239. The number of hydrogen-bond acceptors (Lipinski definition) is 3. The summed E-state index contributed by atoms with van der Waals surface area (Å²) in [6.45, 7) is 1.98. The van der Waals surface area contributed by atoms with E-state index in [4.69, 9.17) is 17.3 Å². The zero-order valence-electron chi connectivity index (χ0n) is 9.60. The Bertz CT molecular complexity index is 450. The minimum absolute atomic E-state index is 0.0239. The van der Waals surface area contributed by atoms with E-state index in [1.807, 2.05) is 31.2 Å². The number of aromatic amines is 1. The lowest BCUT2D eigenvalue weighted by atomic mass is 9.91. The van der Waals surface area contributed by atoms with Crippen LogP contribution in [0.2, 0.25) is 5.02 Å². The first-order valence-electron chi connectivity index (χ1n) is 5.52. The molecule has 3 N–H and O–H groups in total. The summed E-state index contributed by atoms with van der Waals surface area (Å²) < 4.78 is 0. The number of hydrogen-bond donors (Lipinski definition) is 2. The number of benzene rings is 1. The molecule has 0 fully saturated rings. The van der Waals surface area contributed by atoms with Crippen molar-refractivity contribution in [3.05, 3.63) is 46.7 Å². The number of rotatable bonds is 4. The molecule has 2 rings (SSSR count). The molecule has 4 nitrogen and oxygen atoms in total. The molecule has 2 atom stereocenters. The zero-order valence-corrected chi connectivity index (χ0v) is 10.4. The average molecular weight is 251 g/mol. The second-order valence-electron chi connectivity index (χ2n) is 4.19. The standard InChI is InChI=1S/C12H15ClN4/c1-8(14)11(12-7-15-17-16-12)6-9-2-4-10(13)5-3-9/h2-5,7-8,11H,6,14H2,1H3,(H,15,16,17). The fourth-order valence-electron chi connectivity index (χ4n) is 1.82. The summed E-state index contributed by atoms with van der Waals surface area (Å²) >= 11 is 5.86. The summed E-state index contributed by atoms with van der Waals surface area (Å²) in [4.78, 5) is 0. The lowest BCUT2D eigenvalue weighted by molar-refractivity contribution is 0.550. The van der Waals surface area contributed by atoms with Crippen LogP contribution in [0.15, 0.2) is 30.5 Å². The molecule has 0 aliphatic rings. The molecule has 90 valence electrons. The Morgan fingerprint density at radius 3 is 2.59 bits per heavy atom. The van der Waals surface area contributed by atoms with Gasteiger partial charge < -0.3 is 5.73 Å². The van der Waals surface area contributed by atoms with Crippen molar-refractivity contribution in [1.82, 2.24) is 15.4 Å². The third kappa shape index (κ3) is 3.05. The molecular formula is C12H15ClN4. The topological polar surface area (TPSA) is 67.6 Å². The normalized spacial score (nSPS) is 14.5. The van der Waals surface area contributed by atoms with E-state index < -0.39 is 0 Å². The van der Waals surface area contributed by atoms with Crippen LogP contribution in [0.1, 0.15) is 24.1 Å². The number of nitrogens with zero attached hydrogens (tertiary/aromatic N) is 2. The Kier molecular flexibility index (Phi) is 3.76. The summed E-state index contributed by atoms with van der Waals surface area (Å²) in [5.41, 5.74) is 8.09. The summed E-state index contributed by atoms with van der Waals surface area (Å²) in [7, 11) is 0. The minimum Gasteiger partial charge on any atom is -0.327 e. The molecule has 1 aromatic carbocycles. The molecule has 2 unspecified atom stereocenters. The van der Waals surface area contributed by atoms with Gasteiger partial charge in [0.05, 0.1) is 11.9 Å². The van der Waals surface area contributed by atoms with Gasteiger partial charge in [-0.1, -0.05) is 23.7 Å². The van der Waals surface area contributed by atoms with Crippen LogP contribution in [0.25, 0.3) is 0 Å². The summed E-state index contributed by atoms with van der Waals surface area (Å²) in [6.07, 6.45) is 2.56. The Hall–Kier alpha value is -1.39. The van der Waals surface area contributed by atoms with Crippen molar-refractivity contribution in [2.24, 2.45) is 5.73 Å². The fourth-order valence-corrected chi connectivity index (χ4v) is 1.95. The average Bonchev–Trinajstić information content (AvgIpc) is 2.81. The molecule has 0 bridgehead atoms. The van der Waals surface area contributed by atoms with Gasteiger partial charge in [0.15, 0.2) is 0 Å². The number of nitrogens with two attached hydrogens (primary N) is 1. The van der Waals surface area contributed by atoms with Gasteiger partial charge in [0.2, 0.25) is 0 Å². The highest BCUT2D eigenvalue weighted by atomic mass is 35.5. The monoisotopic (exact) mass is 250 g/mol. The first-order chi connectivity index (χ1) is 8.16. The van der Waals surface area contributed by atoms with Crippen LogP contribution < -0.4 is 5.73 Å². The predicted molar refractivity (Wildman–Crippen MR) is 67.9 cm³/mol. The van der Waals surface area contributed by atoms with E-state index >= 15 is 0 Å². The van der Waals surface area contributed by atoms with E-state index in [1.165, 1.54) is 5.56 Å². The molecule has 17 heavy (non-hydrogen) atoms. The Morgan fingerprint density at radius 1 is 1.35 bits per heavy atom. The fraction of sp³-hybridized carbons (Fsp3) is 0.333. The van der Waals surface area contributed by atoms with Crippen LogP contribution >= 0.6 is 11.6 Å². The Morgan fingerprint density at radius 2 is 2.06 bits per heavy atom. The SMILES string of the molecule is CC(N)C(Cc1ccc(Cl)cc1)c1cn[nH]n1. The van der Waals surface area contributed by atoms with Gasteiger partial charge in [-0.3, -0.25) is 0 Å². The van der Waals surface area contributed by atoms with Gasteiger partial charge in [0.1, 0.15) is 0 Å². The van der Waals surface area contributed by atoms with Gasteiger partial charge in [-0.05, 0) is 31.0 Å². The van der Waals surface area contributed by atoms with Gasteiger partial charge in [-0.2, -0.15) is 15.4 Å². The zero-order chi connectivity index (χ0) is 12.3. The van der Waals surface area contributed by atoms with E-state index in [-0.39, 0.29) is 12.0 Å². The van der Waals surface area contributed by atoms with Gasteiger partial charge in [-0.15, -0.1) is 0 Å². The molecule has 0 radical (unpaired) electrons. The molecule has 0 amide bonds. The van der Waals surface area contributed by atoms with E-state index in [9.17, 15) is 0 Å². The quantitative estimate of drug-likeness (QED) is 0.874. The summed E-state index contributed by atoms with van der Waals surface area (Å²) in [6, 6.07) is 7.82. The van der Waals surface area contributed by atoms with Crippen molar-refractivity contribution in [3.8, 4) is 0 Å². The van der Waals surface area contributed by atoms with Crippen LogP contribution in [-0.2, 0) is 6.42 Å². The number of halogens is 1. The second kappa shape index (κ2) is 5.29. The number of aromatic nitrogens is 3. The van der Waals surface area contributed by atoms with Crippen LogP contribution in [0.4, 0.5) is 0 Å². The molecule has 2 aromatic rings. The van der Waals surface area contributed by atoms with Crippen LogP contribution in [0.5, 0.6) is 0 Å². The number of H-pyrrole nitrogens is 1. The lowest BCUT2D eigenvalue weighted by Gasteiger charge is -2.18. The highest BCUT2D eigenvalue weighted by molar-refractivity contribution is 6.30. The molecule has 1 aromatic heterocycles. The maximum atomic E-state index is 6.00. The van der Waals surface area contributed by atoms with Gasteiger partial charge in [0.25, 0.3) is 0 Å². The molecule has 5 heteroatoms. The van der Waals surface area contributed by atoms with Crippen molar-refractivity contribution in [1.29, 1.82) is 0 Å². The highest BCUT2D eigenvalue weighted by Crippen LogP contribution is 2.22. The van der Waals surface area contributed by atoms with E-state index in [2.05, 4.69) is 15.4 Å². The highest BCUT2D eigenvalue weighted by Gasteiger charge is 2.19. The first kappa shape index (κ1) is 12.1. The van der Waals surface area contributed by atoms with Crippen molar-refractivity contribution >= 4 is 11.6 Å².